The van der Waals surface area contributed by atoms with E-state index < -0.39 is 12.1 Å². The molecule has 2 heterocycles. The summed E-state index contributed by atoms with van der Waals surface area (Å²) in [4.78, 5) is 19.2. The van der Waals surface area contributed by atoms with Crippen LogP contribution in [0.15, 0.2) is 53.6 Å². The Morgan fingerprint density at radius 2 is 2.03 bits per heavy atom. The molecule has 0 unspecified atom stereocenters. The topological polar surface area (TPSA) is 62.7 Å². The third-order valence-corrected chi connectivity index (χ3v) is 9.38. The van der Waals surface area contributed by atoms with Crippen LogP contribution in [0.4, 0.5) is 4.39 Å². The van der Waals surface area contributed by atoms with Crippen LogP contribution in [0.3, 0.4) is 0 Å². The van der Waals surface area contributed by atoms with Crippen LogP contribution in [0.5, 0.6) is 5.75 Å². The fourth-order valence-electron chi connectivity index (χ4n) is 5.34. The van der Waals surface area contributed by atoms with Crippen molar-refractivity contribution in [2.24, 2.45) is 11.8 Å². The van der Waals surface area contributed by atoms with Crippen LogP contribution in [0, 0.1) is 11.8 Å². The molecule has 0 amide bonds. The first kappa shape index (κ1) is 28.9. The van der Waals surface area contributed by atoms with Crippen molar-refractivity contribution in [3.05, 3.63) is 64.3 Å². The second kappa shape index (κ2) is 13.8. The van der Waals surface area contributed by atoms with Crippen LogP contribution < -0.4 is 4.74 Å². The summed E-state index contributed by atoms with van der Waals surface area (Å²) in [5, 5.41) is 11.6. The van der Waals surface area contributed by atoms with Crippen molar-refractivity contribution in [1.29, 1.82) is 0 Å². The smallest absolute Gasteiger partial charge is 0.303 e. The molecule has 38 heavy (non-hydrogen) atoms. The maximum absolute atomic E-state index is 15.5. The number of rotatable bonds is 12. The minimum Gasteiger partial charge on any atom is -0.497 e. The SMILES string of the molecule is COc1ccc2nccc([C@H](F)CC[C@@H]3CCN(CCCSc4c(Cl)cccc4Cl)C[C@@H]3CC(=O)O)c2c1. The predicted molar refractivity (Wildman–Crippen MR) is 153 cm³/mol. The van der Waals surface area contributed by atoms with Crippen LogP contribution in [0.2, 0.25) is 10.0 Å². The number of hydrogen-bond acceptors (Lipinski definition) is 5. The maximum atomic E-state index is 15.5. The van der Waals surface area contributed by atoms with Gasteiger partial charge in [-0.3, -0.25) is 9.78 Å². The summed E-state index contributed by atoms with van der Waals surface area (Å²) >= 11 is 14.2. The Balaban J connectivity index is 1.31. The van der Waals surface area contributed by atoms with Gasteiger partial charge in [-0.1, -0.05) is 29.3 Å². The number of halogens is 3. The standard InChI is InChI=1S/C29H33Cl2FN2O3S/c1-37-21-7-9-27-23(17-21)22(10-12-33-27)26(32)8-6-19-11-14-34(18-20(19)16-28(35)36)13-3-15-38-29-24(30)4-2-5-25(29)31/h2,4-5,7,9-10,12,17,19-20,26H,3,6,8,11,13-16,18H2,1H3,(H,35,36)/t19-,20+,26-/m1/s1. The van der Waals surface area contributed by atoms with Gasteiger partial charge in [0.2, 0.25) is 0 Å². The van der Waals surface area contributed by atoms with Crippen molar-refractivity contribution in [3.63, 3.8) is 0 Å². The first-order chi connectivity index (χ1) is 18.4. The lowest BCUT2D eigenvalue weighted by Gasteiger charge is -2.38. The molecule has 1 aromatic heterocycles. The summed E-state index contributed by atoms with van der Waals surface area (Å²) in [7, 11) is 1.59. The van der Waals surface area contributed by atoms with Gasteiger partial charge in [0.1, 0.15) is 11.9 Å². The van der Waals surface area contributed by atoms with Gasteiger partial charge in [0, 0.05) is 29.4 Å². The van der Waals surface area contributed by atoms with E-state index in [9.17, 15) is 9.90 Å². The van der Waals surface area contributed by atoms with E-state index in [4.69, 9.17) is 27.9 Å². The van der Waals surface area contributed by atoms with Crippen LogP contribution in [-0.4, -0.2) is 53.5 Å². The van der Waals surface area contributed by atoms with E-state index in [1.807, 2.05) is 36.4 Å². The fraction of sp³-hybridized carbons (Fsp3) is 0.448. The molecule has 3 aromatic rings. The van der Waals surface area contributed by atoms with Crippen molar-refractivity contribution < 1.29 is 19.0 Å². The van der Waals surface area contributed by atoms with Gasteiger partial charge >= 0.3 is 5.97 Å². The first-order valence-electron chi connectivity index (χ1n) is 12.9. The summed E-state index contributed by atoms with van der Waals surface area (Å²) in [5.74, 6) is 0.935. The number of methoxy groups -OCH3 is 1. The molecule has 1 fully saturated rings. The molecule has 4 rings (SSSR count). The van der Waals surface area contributed by atoms with Gasteiger partial charge in [-0.25, -0.2) is 4.39 Å². The van der Waals surface area contributed by atoms with Crippen molar-refractivity contribution in [3.8, 4) is 5.75 Å². The van der Waals surface area contributed by atoms with E-state index in [-0.39, 0.29) is 18.3 Å². The number of aromatic nitrogens is 1. The Morgan fingerprint density at radius 1 is 1.24 bits per heavy atom. The molecule has 2 aromatic carbocycles. The second-order valence-electron chi connectivity index (χ2n) is 9.79. The molecular formula is C29H33Cl2FN2O3S. The number of fused-ring (bicyclic) bond motifs is 1. The number of piperidine rings is 1. The lowest BCUT2D eigenvalue weighted by Crippen LogP contribution is -2.42. The number of benzene rings is 2. The Morgan fingerprint density at radius 3 is 2.76 bits per heavy atom. The van der Waals surface area contributed by atoms with E-state index in [1.54, 1.807) is 31.1 Å². The number of ether oxygens (including phenoxy) is 1. The van der Waals surface area contributed by atoms with Crippen molar-refractivity contribution >= 4 is 51.8 Å². The van der Waals surface area contributed by atoms with Crippen LogP contribution >= 0.6 is 35.0 Å². The van der Waals surface area contributed by atoms with Gasteiger partial charge in [0.05, 0.1) is 22.7 Å². The lowest BCUT2D eigenvalue weighted by atomic mass is 9.79. The highest BCUT2D eigenvalue weighted by Gasteiger charge is 2.31. The Hall–Kier alpha value is -2.06. The molecular weight excluding hydrogens is 546 g/mol. The summed E-state index contributed by atoms with van der Waals surface area (Å²) in [6.07, 6.45) is 3.43. The first-order valence-corrected chi connectivity index (χ1v) is 14.7. The number of aliphatic carboxylic acids is 1. The Bertz CT molecular complexity index is 1230. The highest BCUT2D eigenvalue weighted by molar-refractivity contribution is 7.99. The number of hydrogen-bond donors (Lipinski definition) is 1. The number of likely N-dealkylation sites (tertiary alicyclic amines) is 1. The van der Waals surface area contributed by atoms with Gasteiger partial charge in [-0.2, -0.15) is 0 Å². The molecule has 5 nitrogen and oxygen atoms in total. The zero-order chi connectivity index (χ0) is 27.1. The van der Waals surface area contributed by atoms with Crippen LogP contribution in [0.1, 0.15) is 43.8 Å². The van der Waals surface area contributed by atoms with E-state index in [2.05, 4.69) is 9.88 Å². The van der Waals surface area contributed by atoms with E-state index in [0.29, 0.717) is 34.2 Å². The van der Waals surface area contributed by atoms with E-state index in [1.165, 1.54) is 0 Å². The summed E-state index contributed by atoms with van der Waals surface area (Å²) in [6, 6.07) is 12.7. The normalized spacial score (nSPS) is 18.9. The monoisotopic (exact) mass is 578 g/mol. The summed E-state index contributed by atoms with van der Waals surface area (Å²) in [5.41, 5.74) is 1.34. The van der Waals surface area contributed by atoms with Gasteiger partial charge in [-0.05, 0) is 98.3 Å². The van der Waals surface area contributed by atoms with Crippen molar-refractivity contribution in [2.45, 2.75) is 43.2 Å². The highest BCUT2D eigenvalue weighted by atomic mass is 35.5. The van der Waals surface area contributed by atoms with Crippen LogP contribution in [0.25, 0.3) is 10.9 Å². The van der Waals surface area contributed by atoms with Gasteiger partial charge in [0.25, 0.3) is 0 Å². The third kappa shape index (κ3) is 7.53. The number of alkyl halides is 1. The number of carboxylic acids is 1. The largest absolute Gasteiger partial charge is 0.497 e. The molecule has 1 aliphatic heterocycles. The summed E-state index contributed by atoms with van der Waals surface area (Å²) < 4.78 is 20.8. The molecule has 3 atom stereocenters. The quantitative estimate of drug-likeness (QED) is 0.174. The molecule has 204 valence electrons. The Kier molecular flexibility index (Phi) is 10.5. The molecule has 0 aliphatic carbocycles. The third-order valence-electron chi connectivity index (χ3n) is 7.31. The zero-order valence-corrected chi connectivity index (χ0v) is 23.7. The number of pyridine rings is 1. The lowest BCUT2D eigenvalue weighted by molar-refractivity contribution is -0.139. The average molecular weight is 580 g/mol. The number of carboxylic acid groups (broad SMARTS) is 1. The van der Waals surface area contributed by atoms with E-state index >= 15 is 4.39 Å². The van der Waals surface area contributed by atoms with E-state index in [0.717, 1.165) is 54.0 Å². The Labute approximate surface area is 237 Å². The molecule has 0 radical (unpaired) electrons. The second-order valence-corrected chi connectivity index (χ2v) is 11.7. The average Bonchev–Trinajstić information content (AvgIpc) is 2.90. The molecule has 0 saturated carbocycles. The highest BCUT2D eigenvalue weighted by Crippen LogP contribution is 2.37. The zero-order valence-electron chi connectivity index (χ0n) is 21.4. The number of carbonyl (C=O) groups is 1. The minimum atomic E-state index is -1.15. The van der Waals surface area contributed by atoms with Gasteiger partial charge < -0.3 is 14.7 Å². The van der Waals surface area contributed by atoms with Crippen molar-refractivity contribution in [2.75, 3.05) is 32.5 Å². The molecule has 0 spiro atoms. The fourth-order valence-corrected chi connectivity index (χ4v) is 6.95. The van der Waals surface area contributed by atoms with Crippen molar-refractivity contribution in [1.82, 2.24) is 9.88 Å². The predicted octanol–water partition coefficient (Wildman–Crippen LogP) is 7.94. The maximum Gasteiger partial charge on any atom is 0.303 e. The van der Waals surface area contributed by atoms with Gasteiger partial charge in [0.15, 0.2) is 0 Å². The minimum absolute atomic E-state index is 0.00777. The molecule has 1 saturated heterocycles. The molecule has 1 aliphatic rings. The molecule has 9 heteroatoms. The summed E-state index contributed by atoms with van der Waals surface area (Å²) in [6.45, 7) is 2.50. The van der Waals surface area contributed by atoms with Crippen LogP contribution in [-0.2, 0) is 4.79 Å². The molecule has 1 N–H and O–H groups in total. The van der Waals surface area contributed by atoms with Gasteiger partial charge in [-0.15, -0.1) is 11.8 Å². The number of nitrogens with zero attached hydrogens (tertiary/aromatic N) is 2. The molecule has 0 bridgehead atoms. The number of thioether (sulfide) groups is 1.